The van der Waals surface area contributed by atoms with Gasteiger partial charge in [-0.3, -0.25) is 4.79 Å². The lowest BCUT2D eigenvalue weighted by Gasteiger charge is -2.10. The van der Waals surface area contributed by atoms with Crippen molar-refractivity contribution in [1.82, 2.24) is 9.97 Å². The molecule has 0 radical (unpaired) electrons. The Morgan fingerprint density at radius 2 is 1.34 bits per heavy atom. The first kappa shape index (κ1) is 24.5. The highest BCUT2D eigenvalue weighted by Gasteiger charge is 2.31. The summed E-state index contributed by atoms with van der Waals surface area (Å²) >= 11 is 0. The van der Waals surface area contributed by atoms with E-state index in [0.29, 0.717) is 17.8 Å². The van der Waals surface area contributed by atoms with E-state index in [4.69, 9.17) is 10.2 Å². The molecule has 1 atom stereocenters. The maximum atomic E-state index is 11.9. The third-order valence-electron chi connectivity index (χ3n) is 6.39. The minimum Gasteiger partial charge on any atom is -0.477 e. The topological polar surface area (TPSA) is 117 Å². The van der Waals surface area contributed by atoms with Crippen molar-refractivity contribution in [3.63, 3.8) is 0 Å². The van der Waals surface area contributed by atoms with E-state index >= 15 is 0 Å². The molecule has 1 aliphatic carbocycles. The Morgan fingerprint density at radius 1 is 0.684 bits per heavy atom. The van der Waals surface area contributed by atoms with E-state index in [9.17, 15) is 14.4 Å². The zero-order chi connectivity index (χ0) is 26.6. The number of fused-ring (bicyclic) bond motifs is 2. The van der Waals surface area contributed by atoms with Crippen molar-refractivity contribution in [3.8, 4) is 11.3 Å². The summed E-state index contributed by atoms with van der Waals surface area (Å²) in [6, 6.07) is 31.4. The van der Waals surface area contributed by atoms with Gasteiger partial charge in [0.05, 0.1) is 5.69 Å². The molecule has 0 spiro atoms. The molecule has 1 unspecified atom stereocenters. The molecule has 1 aliphatic rings. The normalized spacial score (nSPS) is 13.9. The molecular formula is C31H22N2O5. The van der Waals surface area contributed by atoms with Crippen LogP contribution in [0.15, 0.2) is 103 Å². The van der Waals surface area contributed by atoms with E-state index in [-0.39, 0.29) is 23.1 Å². The Hall–Kier alpha value is -5.17. The second-order valence-electron chi connectivity index (χ2n) is 8.80. The molecule has 0 fully saturated rings. The Morgan fingerprint density at radius 3 is 2.11 bits per heavy atom. The van der Waals surface area contributed by atoms with Crippen LogP contribution in [0, 0.1) is 0 Å². The minimum atomic E-state index is -1.06. The summed E-state index contributed by atoms with van der Waals surface area (Å²) in [5.74, 6) is -2.12. The lowest BCUT2D eigenvalue weighted by Crippen LogP contribution is -2.06. The average molecular weight is 503 g/mol. The zero-order valence-corrected chi connectivity index (χ0v) is 20.1. The highest BCUT2D eigenvalue weighted by Crippen LogP contribution is 2.37. The average Bonchev–Trinajstić information content (AvgIpc) is 3.29. The number of hydrogen-bond acceptors (Lipinski definition) is 5. The number of hydrogen-bond donors (Lipinski definition) is 2. The van der Waals surface area contributed by atoms with Crippen molar-refractivity contribution in [2.75, 3.05) is 0 Å². The first-order chi connectivity index (χ1) is 18.4. The van der Waals surface area contributed by atoms with Gasteiger partial charge < -0.3 is 10.2 Å². The van der Waals surface area contributed by atoms with Crippen LogP contribution in [-0.4, -0.2) is 37.9 Å². The number of aromatic carboxylic acids is 2. The summed E-state index contributed by atoms with van der Waals surface area (Å²) in [6.45, 7) is 0. The first-order valence-corrected chi connectivity index (χ1v) is 11.9. The molecule has 7 heteroatoms. The Kier molecular flexibility index (Phi) is 6.74. The summed E-state index contributed by atoms with van der Waals surface area (Å²) in [5.41, 5.74) is 3.95. The van der Waals surface area contributed by atoms with Crippen LogP contribution in [0.25, 0.3) is 22.0 Å². The number of carbonyl (C=O) groups is 3. The van der Waals surface area contributed by atoms with Crippen LogP contribution in [-0.2, 0) is 0 Å². The Bertz CT molecular complexity index is 1700. The summed E-state index contributed by atoms with van der Waals surface area (Å²) in [6.07, 6.45) is 0.357. The quantitative estimate of drug-likeness (QED) is 0.305. The number of carboxylic acids is 2. The van der Waals surface area contributed by atoms with E-state index in [2.05, 4.69) is 9.97 Å². The van der Waals surface area contributed by atoms with Gasteiger partial charge in [0, 0.05) is 29.2 Å². The minimum absolute atomic E-state index is 0.00864. The highest BCUT2D eigenvalue weighted by molar-refractivity contribution is 6.01. The van der Waals surface area contributed by atoms with Crippen molar-refractivity contribution < 1.29 is 24.6 Å². The second-order valence-corrected chi connectivity index (χ2v) is 8.80. The monoisotopic (exact) mass is 502 g/mol. The number of pyridine rings is 2. The molecule has 5 aromatic rings. The van der Waals surface area contributed by atoms with E-state index in [1.165, 1.54) is 12.1 Å². The molecule has 0 bridgehead atoms. The molecule has 0 aliphatic heterocycles. The molecule has 0 saturated carbocycles. The number of carbonyl (C=O) groups excluding carboxylic acids is 1. The standard InChI is InChI=1S/C16H11NO2.C15H11NO3/c18-16(19)15-7-3-6-14(17-15)13-9-8-11-4-1-2-5-12(11)10-13;17-14-8-11(9-4-1-2-5-10(9)14)12-6-3-7-13(16-12)15(18)19/h1-10H,(H,18,19);1-7,11H,8H2,(H,18,19). The number of ketones is 1. The molecule has 6 rings (SSSR count). The fraction of sp³-hybridized carbons (Fsp3) is 0.0645. The van der Waals surface area contributed by atoms with Gasteiger partial charge in [-0.2, -0.15) is 0 Å². The zero-order valence-electron chi connectivity index (χ0n) is 20.1. The summed E-state index contributed by atoms with van der Waals surface area (Å²) in [5, 5.41) is 20.2. The largest absolute Gasteiger partial charge is 0.477 e. The van der Waals surface area contributed by atoms with Crippen LogP contribution in [0.1, 0.15) is 54.9 Å². The predicted octanol–water partition coefficient (Wildman–Crippen LogP) is 6.10. The summed E-state index contributed by atoms with van der Waals surface area (Å²) in [7, 11) is 0. The Balaban J connectivity index is 0.000000155. The van der Waals surface area contributed by atoms with Gasteiger partial charge >= 0.3 is 11.9 Å². The molecule has 0 amide bonds. The number of nitrogens with zero attached hydrogens (tertiary/aromatic N) is 2. The van der Waals surface area contributed by atoms with Crippen molar-refractivity contribution in [2.45, 2.75) is 12.3 Å². The predicted molar refractivity (Wildman–Crippen MR) is 143 cm³/mol. The van der Waals surface area contributed by atoms with E-state index in [1.54, 1.807) is 24.3 Å². The molecule has 2 heterocycles. The van der Waals surface area contributed by atoms with Gasteiger partial charge in [-0.25, -0.2) is 19.6 Å². The van der Waals surface area contributed by atoms with E-state index in [0.717, 1.165) is 27.5 Å². The summed E-state index contributed by atoms with van der Waals surface area (Å²) < 4.78 is 0. The van der Waals surface area contributed by atoms with Crippen molar-refractivity contribution in [1.29, 1.82) is 0 Å². The van der Waals surface area contributed by atoms with E-state index < -0.39 is 11.9 Å². The smallest absolute Gasteiger partial charge is 0.354 e. The van der Waals surface area contributed by atoms with Gasteiger partial charge in [0.1, 0.15) is 11.4 Å². The molecule has 0 saturated heterocycles. The van der Waals surface area contributed by atoms with Gasteiger partial charge in [-0.15, -0.1) is 0 Å². The number of benzene rings is 3. The van der Waals surface area contributed by atoms with Crippen LogP contribution >= 0.6 is 0 Å². The van der Waals surface area contributed by atoms with Gasteiger partial charge in [0.15, 0.2) is 5.78 Å². The maximum Gasteiger partial charge on any atom is 0.354 e. The van der Waals surface area contributed by atoms with Crippen molar-refractivity contribution in [2.24, 2.45) is 0 Å². The van der Waals surface area contributed by atoms with Crippen LogP contribution in [0.5, 0.6) is 0 Å². The number of carboxylic acid groups (broad SMARTS) is 2. The molecule has 7 nitrogen and oxygen atoms in total. The number of Topliss-reactive ketones (excluding diaryl/α,β-unsaturated/α-hetero) is 1. The molecule has 3 aromatic carbocycles. The summed E-state index contributed by atoms with van der Waals surface area (Å²) in [4.78, 5) is 42.1. The van der Waals surface area contributed by atoms with Crippen molar-refractivity contribution in [3.05, 3.63) is 131 Å². The van der Waals surface area contributed by atoms with E-state index in [1.807, 2.05) is 66.7 Å². The highest BCUT2D eigenvalue weighted by atomic mass is 16.4. The molecule has 2 N–H and O–H groups in total. The number of aromatic nitrogens is 2. The fourth-order valence-electron chi connectivity index (χ4n) is 4.55. The van der Waals surface area contributed by atoms with Crippen LogP contribution in [0.3, 0.4) is 0 Å². The van der Waals surface area contributed by atoms with Gasteiger partial charge in [-0.05, 0) is 46.7 Å². The number of rotatable bonds is 4. The third-order valence-corrected chi connectivity index (χ3v) is 6.39. The van der Waals surface area contributed by atoms with Gasteiger partial charge in [0.25, 0.3) is 0 Å². The van der Waals surface area contributed by atoms with Crippen LogP contribution in [0.4, 0.5) is 0 Å². The third kappa shape index (κ3) is 5.03. The van der Waals surface area contributed by atoms with Crippen molar-refractivity contribution >= 4 is 28.5 Å². The SMILES string of the molecule is O=C(O)c1cccc(-c2ccc3ccccc3c2)n1.O=C(O)c1cccc(C2CC(=O)c3ccccc32)n1. The lowest BCUT2D eigenvalue weighted by atomic mass is 9.97. The van der Waals surface area contributed by atoms with Gasteiger partial charge in [-0.1, -0.05) is 72.8 Å². The fourth-order valence-corrected chi connectivity index (χ4v) is 4.55. The maximum absolute atomic E-state index is 11.9. The molecule has 186 valence electrons. The Labute approximate surface area is 218 Å². The first-order valence-electron chi connectivity index (χ1n) is 11.9. The van der Waals surface area contributed by atoms with Crippen LogP contribution in [0.2, 0.25) is 0 Å². The van der Waals surface area contributed by atoms with Crippen LogP contribution < -0.4 is 0 Å². The molecule has 38 heavy (non-hydrogen) atoms. The lowest BCUT2D eigenvalue weighted by molar-refractivity contribution is 0.0679. The second kappa shape index (κ2) is 10.4. The van der Waals surface area contributed by atoms with Gasteiger partial charge in [0.2, 0.25) is 0 Å². The molecule has 2 aromatic heterocycles. The molecular weight excluding hydrogens is 480 g/mol.